The van der Waals surface area contributed by atoms with Crippen LogP contribution in [0.2, 0.25) is 0 Å². The number of fused-ring (bicyclic) bond motifs is 1. The van der Waals surface area contributed by atoms with Crippen LogP contribution in [0.3, 0.4) is 0 Å². The number of aromatic nitrogens is 6. The number of hydrogen-bond donors (Lipinski definition) is 4. The van der Waals surface area contributed by atoms with Gasteiger partial charge < -0.3 is 30.2 Å². The highest BCUT2D eigenvalue weighted by Gasteiger charge is 2.25. The van der Waals surface area contributed by atoms with Crippen molar-refractivity contribution in [2.45, 2.75) is 12.5 Å². The fourth-order valence-electron chi connectivity index (χ4n) is 5.48. The standard InChI is InChI=1S/C29H30N10O2/c40-29(36-23-5-6-39(17-23)24-11-20(13-30-16-24)21-14-33-34-15-21)35-22-3-1-19(2-4-22)26-12-25-27(37-26)31-18-32-28(25)38-7-9-41-10-8-38/h1-4,11-16,18,23H,5-10,17H2,(H,33,34)(H,31,32,37)(H2,35,36,40)/t23-/m0/s1. The number of H-pyrrole nitrogens is 2. The van der Waals surface area contributed by atoms with Crippen LogP contribution in [0.15, 0.2) is 67.5 Å². The average molecular weight is 551 g/mol. The third-order valence-corrected chi connectivity index (χ3v) is 7.61. The Morgan fingerprint density at radius 2 is 1.83 bits per heavy atom. The maximum atomic E-state index is 12.8. The maximum absolute atomic E-state index is 12.8. The van der Waals surface area contributed by atoms with Crippen molar-refractivity contribution in [2.75, 3.05) is 54.5 Å². The first-order valence-corrected chi connectivity index (χ1v) is 13.7. The maximum Gasteiger partial charge on any atom is 0.319 e. The molecule has 1 aromatic carbocycles. The second-order valence-electron chi connectivity index (χ2n) is 10.3. The van der Waals surface area contributed by atoms with Crippen LogP contribution < -0.4 is 20.4 Å². The highest BCUT2D eigenvalue weighted by atomic mass is 16.5. The third kappa shape index (κ3) is 5.29. The molecule has 0 spiro atoms. The molecule has 0 unspecified atom stereocenters. The fraction of sp³-hybridized carbons (Fsp3) is 0.276. The van der Waals surface area contributed by atoms with E-state index in [0.717, 1.165) is 83.2 Å². The largest absolute Gasteiger partial charge is 0.378 e. The summed E-state index contributed by atoms with van der Waals surface area (Å²) in [7, 11) is 0. The summed E-state index contributed by atoms with van der Waals surface area (Å²) in [6, 6.07) is 11.8. The van der Waals surface area contributed by atoms with Crippen molar-refractivity contribution in [3.8, 4) is 22.4 Å². The number of hydrogen-bond acceptors (Lipinski definition) is 8. The predicted octanol–water partition coefficient (Wildman–Crippen LogP) is 3.65. The smallest absolute Gasteiger partial charge is 0.319 e. The highest BCUT2D eigenvalue weighted by molar-refractivity contribution is 5.93. The van der Waals surface area contributed by atoms with E-state index < -0.39 is 0 Å². The predicted molar refractivity (Wildman–Crippen MR) is 157 cm³/mol. The van der Waals surface area contributed by atoms with Gasteiger partial charge >= 0.3 is 6.03 Å². The van der Waals surface area contributed by atoms with Gasteiger partial charge in [0.2, 0.25) is 0 Å². The van der Waals surface area contributed by atoms with Crippen LogP contribution in [-0.2, 0) is 4.74 Å². The molecule has 4 aromatic heterocycles. The number of ether oxygens (including phenoxy) is 1. The molecule has 2 aliphatic rings. The molecular weight excluding hydrogens is 520 g/mol. The molecule has 7 rings (SSSR count). The van der Waals surface area contributed by atoms with E-state index in [2.05, 4.69) is 62.7 Å². The minimum absolute atomic E-state index is 0.0416. The molecule has 208 valence electrons. The van der Waals surface area contributed by atoms with Crippen molar-refractivity contribution in [3.05, 3.63) is 67.5 Å². The number of nitrogens with one attached hydrogen (secondary N) is 4. The Balaban J connectivity index is 0.971. The van der Waals surface area contributed by atoms with Crippen LogP contribution in [0.1, 0.15) is 6.42 Å². The topological polar surface area (TPSA) is 140 Å². The van der Waals surface area contributed by atoms with E-state index in [1.165, 1.54) is 0 Å². The number of carbonyl (C=O) groups is 1. The quantitative estimate of drug-likeness (QED) is 0.251. The Kier molecular flexibility index (Phi) is 6.65. The molecule has 0 aliphatic carbocycles. The van der Waals surface area contributed by atoms with Crippen LogP contribution in [-0.4, -0.2) is 81.6 Å². The van der Waals surface area contributed by atoms with Gasteiger partial charge in [-0.3, -0.25) is 10.1 Å². The third-order valence-electron chi connectivity index (χ3n) is 7.61. The van der Waals surface area contributed by atoms with Gasteiger partial charge in [0.1, 0.15) is 17.8 Å². The molecule has 6 heterocycles. The van der Waals surface area contributed by atoms with E-state index in [1.54, 1.807) is 12.5 Å². The van der Waals surface area contributed by atoms with Gasteiger partial charge in [0.15, 0.2) is 0 Å². The van der Waals surface area contributed by atoms with Crippen LogP contribution in [0, 0.1) is 0 Å². The van der Waals surface area contributed by atoms with Crippen molar-refractivity contribution in [3.63, 3.8) is 0 Å². The Morgan fingerprint density at radius 3 is 2.66 bits per heavy atom. The van der Waals surface area contributed by atoms with Crippen molar-refractivity contribution < 1.29 is 9.53 Å². The molecule has 2 fully saturated rings. The number of amides is 2. The molecule has 1 atom stereocenters. The summed E-state index contributed by atoms with van der Waals surface area (Å²) in [6.45, 7) is 4.58. The number of pyridine rings is 1. The second-order valence-corrected chi connectivity index (χ2v) is 10.3. The number of rotatable bonds is 6. The van der Waals surface area contributed by atoms with E-state index >= 15 is 0 Å². The van der Waals surface area contributed by atoms with E-state index in [9.17, 15) is 4.79 Å². The lowest BCUT2D eigenvalue weighted by atomic mass is 10.1. The summed E-state index contributed by atoms with van der Waals surface area (Å²) in [5.41, 5.74) is 6.50. The molecule has 2 saturated heterocycles. The lowest BCUT2D eigenvalue weighted by Crippen LogP contribution is -2.39. The molecule has 0 radical (unpaired) electrons. The molecular formula is C29H30N10O2. The lowest BCUT2D eigenvalue weighted by molar-refractivity contribution is 0.122. The van der Waals surface area contributed by atoms with Gasteiger partial charge in [0, 0.05) is 67.1 Å². The Hall–Kier alpha value is -4.97. The number of nitrogens with zero attached hydrogens (tertiary/aromatic N) is 6. The van der Waals surface area contributed by atoms with E-state index in [1.807, 2.05) is 42.9 Å². The van der Waals surface area contributed by atoms with Crippen molar-refractivity contribution in [1.82, 2.24) is 35.5 Å². The minimum Gasteiger partial charge on any atom is -0.378 e. The number of carbonyl (C=O) groups excluding carboxylic acids is 1. The SMILES string of the molecule is O=C(Nc1ccc(-c2cc3c(N4CCOCC4)ncnc3[nH]2)cc1)N[C@H]1CCN(c2cncc(-c3cn[nH]c3)c2)C1. The number of morpholine rings is 1. The molecule has 4 N–H and O–H groups in total. The van der Waals surface area contributed by atoms with E-state index in [-0.39, 0.29) is 12.1 Å². The van der Waals surface area contributed by atoms with Gasteiger partial charge in [-0.1, -0.05) is 12.1 Å². The first-order valence-electron chi connectivity index (χ1n) is 13.7. The highest BCUT2D eigenvalue weighted by Crippen LogP contribution is 2.30. The van der Waals surface area contributed by atoms with Gasteiger partial charge in [-0.15, -0.1) is 0 Å². The summed E-state index contributed by atoms with van der Waals surface area (Å²) in [5, 5.41) is 13.9. The number of urea groups is 1. The Morgan fingerprint density at radius 1 is 0.951 bits per heavy atom. The van der Waals surface area contributed by atoms with Crippen LogP contribution in [0.25, 0.3) is 33.4 Å². The molecule has 12 heteroatoms. The van der Waals surface area contributed by atoms with Crippen molar-refractivity contribution in [1.29, 1.82) is 0 Å². The fourth-order valence-corrected chi connectivity index (χ4v) is 5.48. The first kappa shape index (κ1) is 25.0. The van der Waals surface area contributed by atoms with Gasteiger partial charge in [-0.25, -0.2) is 14.8 Å². The van der Waals surface area contributed by atoms with E-state index in [4.69, 9.17) is 4.74 Å². The van der Waals surface area contributed by atoms with Crippen molar-refractivity contribution in [2.24, 2.45) is 0 Å². The Bertz CT molecular complexity index is 1640. The summed E-state index contributed by atoms with van der Waals surface area (Å²) >= 11 is 0. The van der Waals surface area contributed by atoms with Gasteiger partial charge in [-0.2, -0.15) is 5.10 Å². The summed E-state index contributed by atoms with van der Waals surface area (Å²) in [5.74, 6) is 0.920. The van der Waals surface area contributed by atoms with E-state index in [0.29, 0.717) is 13.2 Å². The molecule has 0 saturated carbocycles. The molecule has 41 heavy (non-hydrogen) atoms. The molecule has 2 aliphatic heterocycles. The van der Waals surface area contributed by atoms with Crippen LogP contribution >= 0.6 is 0 Å². The average Bonchev–Trinajstić information content (AvgIpc) is 3.79. The Labute approximate surface area is 236 Å². The van der Waals surface area contributed by atoms with Gasteiger partial charge in [-0.05, 0) is 36.2 Å². The normalized spacial score (nSPS) is 17.2. The summed E-state index contributed by atoms with van der Waals surface area (Å²) in [4.78, 5) is 34.0. The first-order chi connectivity index (χ1) is 20.2. The zero-order valence-corrected chi connectivity index (χ0v) is 22.4. The van der Waals surface area contributed by atoms with Crippen molar-refractivity contribution >= 4 is 34.3 Å². The second kappa shape index (κ2) is 10.9. The van der Waals surface area contributed by atoms with Crippen LogP contribution in [0.5, 0.6) is 0 Å². The van der Waals surface area contributed by atoms with Gasteiger partial charge in [0.25, 0.3) is 0 Å². The minimum atomic E-state index is -0.217. The molecule has 12 nitrogen and oxygen atoms in total. The zero-order chi connectivity index (χ0) is 27.6. The lowest BCUT2D eigenvalue weighted by Gasteiger charge is -2.27. The monoisotopic (exact) mass is 550 g/mol. The summed E-state index contributed by atoms with van der Waals surface area (Å²) < 4.78 is 5.49. The summed E-state index contributed by atoms with van der Waals surface area (Å²) in [6.07, 6.45) is 9.77. The number of anilines is 3. The molecule has 5 aromatic rings. The number of benzene rings is 1. The van der Waals surface area contributed by atoms with Gasteiger partial charge in [0.05, 0.1) is 36.7 Å². The van der Waals surface area contributed by atoms with Crippen LogP contribution in [0.4, 0.5) is 22.0 Å². The number of aromatic amines is 2. The zero-order valence-electron chi connectivity index (χ0n) is 22.4. The molecule has 2 amide bonds. The molecule has 0 bridgehead atoms.